The van der Waals surface area contributed by atoms with Crippen LogP contribution in [-0.2, 0) is 9.53 Å². The second kappa shape index (κ2) is 5.75. The van der Waals surface area contributed by atoms with E-state index in [0.29, 0.717) is 11.1 Å². The highest BCUT2D eigenvalue weighted by Gasteiger charge is 2.20. The number of aliphatic hydroxyl groups excluding tert-OH is 1. The van der Waals surface area contributed by atoms with E-state index in [1.165, 1.54) is 7.11 Å². The van der Waals surface area contributed by atoms with Crippen LogP contribution < -0.4 is 4.74 Å². The van der Waals surface area contributed by atoms with Gasteiger partial charge in [-0.2, -0.15) is 0 Å². The average molecular weight is 272 g/mol. The second-order valence-electron chi connectivity index (χ2n) is 4.38. The standard InChI is InChI=1S/C16H16O4/c1-10(15(17)16(18)20-3)11-4-5-13-9-14(19-2)7-6-12(13)8-11/h4-9,15,17H,1H2,2-3H3. The molecule has 1 atom stereocenters. The van der Waals surface area contributed by atoms with Gasteiger partial charge in [0.25, 0.3) is 0 Å². The van der Waals surface area contributed by atoms with Crippen molar-refractivity contribution in [2.45, 2.75) is 6.10 Å². The Morgan fingerprint density at radius 3 is 2.45 bits per heavy atom. The van der Waals surface area contributed by atoms with Gasteiger partial charge >= 0.3 is 5.97 Å². The van der Waals surface area contributed by atoms with Crippen molar-refractivity contribution in [3.63, 3.8) is 0 Å². The van der Waals surface area contributed by atoms with Crippen molar-refractivity contribution < 1.29 is 19.4 Å². The van der Waals surface area contributed by atoms with Gasteiger partial charge in [-0.3, -0.25) is 0 Å². The molecule has 0 aliphatic heterocycles. The Hall–Kier alpha value is -2.33. The quantitative estimate of drug-likeness (QED) is 0.868. The summed E-state index contributed by atoms with van der Waals surface area (Å²) in [6.07, 6.45) is -1.35. The molecule has 20 heavy (non-hydrogen) atoms. The number of esters is 1. The molecule has 0 saturated heterocycles. The van der Waals surface area contributed by atoms with Crippen molar-refractivity contribution >= 4 is 22.3 Å². The molecule has 104 valence electrons. The molecule has 2 aromatic rings. The summed E-state index contributed by atoms with van der Waals surface area (Å²) in [5, 5.41) is 11.8. The molecule has 0 aliphatic carbocycles. The van der Waals surface area contributed by atoms with E-state index in [-0.39, 0.29) is 0 Å². The Balaban J connectivity index is 2.37. The smallest absolute Gasteiger partial charge is 0.339 e. The highest BCUT2D eigenvalue weighted by atomic mass is 16.5. The molecule has 0 spiro atoms. The summed E-state index contributed by atoms with van der Waals surface area (Å²) in [6, 6.07) is 11.2. The molecule has 0 bridgehead atoms. The number of hydrogen-bond acceptors (Lipinski definition) is 4. The molecular formula is C16H16O4. The maximum absolute atomic E-state index is 11.3. The van der Waals surface area contributed by atoms with E-state index in [1.54, 1.807) is 13.2 Å². The molecule has 2 rings (SSSR count). The van der Waals surface area contributed by atoms with E-state index >= 15 is 0 Å². The first-order chi connectivity index (χ1) is 9.56. The minimum absolute atomic E-state index is 0.314. The van der Waals surface area contributed by atoms with Gasteiger partial charge in [-0.15, -0.1) is 0 Å². The summed E-state index contributed by atoms with van der Waals surface area (Å²) >= 11 is 0. The fourth-order valence-corrected chi connectivity index (χ4v) is 1.96. The van der Waals surface area contributed by atoms with Gasteiger partial charge in [0.15, 0.2) is 6.10 Å². The predicted molar refractivity (Wildman–Crippen MR) is 77.6 cm³/mol. The number of hydrogen-bond donors (Lipinski definition) is 1. The number of fused-ring (bicyclic) bond motifs is 1. The Morgan fingerprint density at radius 2 is 1.80 bits per heavy atom. The molecule has 4 nitrogen and oxygen atoms in total. The van der Waals surface area contributed by atoms with Crippen molar-refractivity contribution in [3.05, 3.63) is 48.5 Å². The third kappa shape index (κ3) is 2.65. The van der Waals surface area contributed by atoms with E-state index in [4.69, 9.17) is 4.74 Å². The molecular weight excluding hydrogens is 256 g/mol. The molecule has 1 unspecified atom stereocenters. The number of carbonyl (C=O) groups is 1. The van der Waals surface area contributed by atoms with Crippen LogP contribution in [0.4, 0.5) is 0 Å². The van der Waals surface area contributed by atoms with E-state index in [2.05, 4.69) is 11.3 Å². The highest BCUT2D eigenvalue weighted by molar-refractivity contribution is 5.93. The largest absolute Gasteiger partial charge is 0.497 e. The maximum atomic E-state index is 11.3. The van der Waals surface area contributed by atoms with E-state index in [0.717, 1.165) is 16.5 Å². The van der Waals surface area contributed by atoms with Crippen LogP contribution in [0.2, 0.25) is 0 Å². The van der Waals surface area contributed by atoms with Gasteiger partial charge in [-0.05, 0) is 40.1 Å². The molecule has 0 fully saturated rings. The molecule has 0 aliphatic rings. The average Bonchev–Trinajstić information content (AvgIpc) is 2.51. The molecule has 0 radical (unpaired) electrons. The lowest BCUT2D eigenvalue weighted by Crippen LogP contribution is -2.22. The van der Waals surface area contributed by atoms with Gasteiger partial charge in [0.05, 0.1) is 14.2 Å². The molecule has 2 aromatic carbocycles. The third-order valence-electron chi connectivity index (χ3n) is 3.17. The summed E-state index contributed by atoms with van der Waals surface area (Å²) in [5.41, 5.74) is 1.01. The topological polar surface area (TPSA) is 55.8 Å². The van der Waals surface area contributed by atoms with Gasteiger partial charge in [-0.1, -0.05) is 24.8 Å². The van der Waals surface area contributed by atoms with E-state index in [9.17, 15) is 9.90 Å². The number of ether oxygens (including phenoxy) is 2. The van der Waals surface area contributed by atoms with Crippen molar-refractivity contribution in [1.82, 2.24) is 0 Å². The van der Waals surface area contributed by atoms with Crippen LogP contribution in [0.1, 0.15) is 5.56 Å². The van der Waals surface area contributed by atoms with Crippen LogP contribution in [0, 0.1) is 0 Å². The first-order valence-corrected chi connectivity index (χ1v) is 6.09. The summed E-state index contributed by atoms with van der Waals surface area (Å²) in [5.74, 6) is 0.0588. The first-order valence-electron chi connectivity index (χ1n) is 6.09. The zero-order chi connectivity index (χ0) is 14.7. The fraction of sp³-hybridized carbons (Fsp3) is 0.188. The van der Waals surface area contributed by atoms with Crippen molar-refractivity contribution in [2.24, 2.45) is 0 Å². The first kappa shape index (κ1) is 14.1. The van der Waals surface area contributed by atoms with Crippen LogP contribution in [0.15, 0.2) is 43.0 Å². The summed E-state index contributed by atoms with van der Waals surface area (Å²) < 4.78 is 9.67. The normalized spacial score (nSPS) is 11.9. The van der Waals surface area contributed by atoms with Crippen LogP contribution >= 0.6 is 0 Å². The van der Waals surface area contributed by atoms with Crippen LogP contribution in [0.5, 0.6) is 5.75 Å². The molecule has 0 saturated carbocycles. The second-order valence-corrected chi connectivity index (χ2v) is 4.38. The van der Waals surface area contributed by atoms with Gasteiger partial charge < -0.3 is 14.6 Å². The number of benzene rings is 2. The van der Waals surface area contributed by atoms with Crippen LogP contribution in [0.25, 0.3) is 16.3 Å². The number of methoxy groups -OCH3 is 2. The van der Waals surface area contributed by atoms with Crippen LogP contribution in [-0.4, -0.2) is 31.4 Å². The van der Waals surface area contributed by atoms with Crippen molar-refractivity contribution in [3.8, 4) is 5.75 Å². The summed E-state index contributed by atoms with van der Waals surface area (Å²) in [4.78, 5) is 11.3. The Kier molecular flexibility index (Phi) is 4.05. The number of rotatable bonds is 4. The highest BCUT2D eigenvalue weighted by Crippen LogP contribution is 2.25. The zero-order valence-corrected chi connectivity index (χ0v) is 11.4. The number of carbonyl (C=O) groups excluding carboxylic acids is 1. The van der Waals surface area contributed by atoms with Gasteiger partial charge in [0, 0.05) is 0 Å². The lowest BCUT2D eigenvalue weighted by Gasteiger charge is -2.12. The minimum Gasteiger partial charge on any atom is -0.497 e. The summed E-state index contributed by atoms with van der Waals surface area (Å²) in [6.45, 7) is 3.76. The lowest BCUT2D eigenvalue weighted by molar-refractivity contribution is -0.147. The van der Waals surface area contributed by atoms with Crippen molar-refractivity contribution in [2.75, 3.05) is 14.2 Å². The fourth-order valence-electron chi connectivity index (χ4n) is 1.96. The van der Waals surface area contributed by atoms with Crippen LogP contribution in [0.3, 0.4) is 0 Å². The predicted octanol–water partition coefficient (Wildman–Crippen LogP) is 2.40. The van der Waals surface area contributed by atoms with Gasteiger partial charge in [0.1, 0.15) is 5.75 Å². The summed E-state index contributed by atoms with van der Waals surface area (Å²) in [7, 11) is 2.84. The van der Waals surface area contributed by atoms with Gasteiger partial charge in [0.2, 0.25) is 0 Å². The monoisotopic (exact) mass is 272 g/mol. The Bertz CT molecular complexity index is 661. The third-order valence-corrected chi connectivity index (χ3v) is 3.17. The lowest BCUT2D eigenvalue weighted by atomic mass is 9.99. The minimum atomic E-state index is -1.35. The van der Waals surface area contributed by atoms with E-state index in [1.807, 2.05) is 30.3 Å². The van der Waals surface area contributed by atoms with E-state index < -0.39 is 12.1 Å². The molecule has 0 aromatic heterocycles. The maximum Gasteiger partial charge on any atom is 0.339 e. The molecule has 4 heteroatoms. The molecule has 0 amide bonds. The SMILES string of the molecule is C=C(c1ccc2cc(OC)ccc2c1)C(O)C(=O)OC. The van der Waals surface area contributed by atoms with Crippen molar-refractivity contribution in [1.29, 1.82) is 0 Å². The van der Waals surface area contributed by atoms with Gasteiger partial charge in [-0.25, -0.2) is 4.79 Å². The zero-order valence-electron chi connectivity index (χ0n) is 11.4. The Morgan fingerprint density at radius 1 is 1.15 bits per heavy atom. The number of aliphatic hydroxyl groups is 1. The molecule has 0 heterocycles. The molecule has 1 N–H and O–H groups in total. The Labute approximate surface area is 117 Å².